The number of sulfonamides is 1. The second-order valence-electron chi connectivity index (χ2n) is 7.56. The third-order valence-electron chi connectivity index (χ3n) is 5.14. The number of fused-ring (bicyclic) bond motifs is 1. The van der Waals surface area contributed by atoms with E-state index in [9.17, 15) is 22.8 Å². The number of hydrogen-bond donors (Lipinski definition) is 2. The summed E-state index contributed by atoms with van der Waals surface area (Å²) in [6, 6.07) is 11.1. The summed E-state index contributed by atoms with van der Waals surface area (Å²) in [6.07, 6.45) is 0.539. The van der Waals surface area contributed by atoms with Crippen LogP contribution in [0.25, 0.3) is 0 Å². The van der Waals surface area contributed by atoms with Crippen LogP contribution < -0.4 is 14.9 Å². The molecule has 0 unspecified atom stereocenters. The van der Waals surface area contributed by atoms with E-state index in [1.807, 2.05) is 6.92 Å². The molecule has 0 saturated carbocycles. The van der Waals surface area contributed by atoms with Crippen LogP contribution in [0.3, 0.4) is 0 Å². The van der Waals surface area contributed by atoms with Crippen LogP contribution in [0.15, 0.2) is 47.4 Å². The molecule has 31 heavy (non-hydrogen) atoms. The first-order valence-corrected chi connectivity index (χ1v) is 11.4. The second-order valence-corrected chi connectivity index (χ2v) is 9.33. The fourth-order valence-corrected chi connectivity index (χ4v) is 4.73. The molecule has 1 aliphatic heterocycles. The minimum Gasteiger partial charge on any atom is -0.326 e. The Labute approximate surface area is 181 Å². The van der Waals surface area contributed by atoms with Gasteiger partial charge in [0.05, 0.1) is 4.90 Å². The summed E-state index contributed by atoms with van der Waals surface area (Å²) < 4.78 is 27.7. The number of hydrogen-bond acceptors (Lipinski definition) is 5. The van der Waals surface area contributed by atoms with Gasteiger partial charge in [0, 0.05) is 42.9 Å². The van der Waals surface area contributed by atoms with E-state index in [0.29, 0.717) is 17.7 Å². The number of ketones is 1. The number of anilines is 2. The molecule has 0 bridgehead atoms. The summed E-state index contributed by atoms with van der Waals surface area (Å²) in [4.78, 5) is 37.0. The van der Waals surface area contributed by atoms with E-state index >= 15 is 0 Å². The van der Waals surface area contributed by atoms with Crippen LogP contribution in [0.1, 0.15) is 43.1 Å². The van der Waals surface area contributed by atoms with Gasteiger partial charge in [0.1, 0.15) is 0 Å². The van der Waals surface area contributed by atoms with Crippen LogP contribution in [0.4, 0.5) is 11.4 Å². The predicted molar refractivity (Wildman–Crippen MR) is 118 cm³/mol. The minimum absolute atomic E-state index is 0.0216. The quantitative estimate of drug-likeness (QED) is 0.639. The van der Waals surface area contributed by atoms with E-state index < -0.39 is 10.0 Å². The van der Waals surface area contributed by atoms with Crippen LogP contribution in [-0.4, -0.2) is 38.6 Å². The molecular weight excluding hydrogens is 418 g/mol. The first kappa shape index (κ1) is 22.6. The van der Waals surface area contributed by atoms with E-state index in [1.54, 1.807) is 41.3 Å². The zero-order valence-corrected chi connectivity index (χ0v) is 18.5. The molecule has 164 valence electrons. The summed E-state index contributed by atoms with van der Waals surface area (Å²) in [5.74, 6) is -0.498. The third-order valence-corrected chi connectivity index (χ3v) is 6.59. The molecule has 0 aliphatic carbocycles. The molecule has 9 heteroatoms. The van der Waals surface area contributed by atoms with Gasteiger partial charge in [-0.15, -0.1) is 0 Å². The molecular formula is C22H25N3O5S. The molecule has 1 atom stereocenters. The third kappa shape index (κ3) is 5.18. The summed E-state index contributed by atoms with van der Waals surface area (Å²) in [6.45, 7) is 4.80. The van der Waals surface area contributed by atoms with Crippen molar-refractivity contribution in [1.82, 2.24) is 4.72 Å². The van der Waals surface area contributed by atoms with Crippen molar-refractivity contribution in [3.63, 3.8) is 0 Å². The highest BCUT2D eigenvalue weighted by molar-refractivity contribution is 7.89. The van der Waals surface area contributed by atoms with Gasteiger partial charge in [0.15, 0.2) is 5.78 Å². The van der Waals surface area contributed by atoms with Crippen molar-refractivity contribution < 1.29 is 22.8 Å². The van der Waals surface area contributed by atoms with Crippen molar-refractivity contribution in [3.05, 3.63) is 53.6 Å². The lowest BCUT2D eigenvalue weighted by atomic mass is 10.1. The molecule has 0 aromatic heterocycles. The molecule has 3 rings (SSSR count). The average Bonchev–Trinajstić information content (AvgIpc) is 3.03. The van der Waals surface area contributed by atoms with E-state index in [-0.39, 0.29) is 41.5 Å². The number of amides is 2. The van der Waals surface area contributed by atoms with Crippen LogP contribution in [0.2, 0.25) is 0 Å². The molecule has 1 heterocycles. The van der Waals surface area contributed by atoms with Crippen LogP contribution in [-0.2, 0) is 26.0 Å². The number of benzene rings is 2. The lowest BCUT2D eigenvalue weighted by molar-refractivity contribution is -0.117. The monoisotopic (exact) mass is 443 g/mol. The van der Waals surface area contributed by atoms with E-state index in [0.717, 1.165) is 11.3 Å². The number of rotatable bonds is 7. The van der Waals surface area contributed by atoms with Crippen LogP contribution >= 0.6 is 0 Å². The number of nitrogens with one attached hydrogen (secondary N) is 2. The minimum atomic E-state index is -3.79. The predicted octanol–water partition coefficient (Wildman–Crippen LogP) is 2.49. The van der Waals surface area contributed by atoms with Crippen molar-refractivity contribution in [2.24, 2.45) is 0 Å². The number of nitrogens with zero attached hydrogens (tertiary/aromatic N) is 1. The van der Waals surface area contributed by atoms with Crippen molar-refractivity contribution in [2.45, 2.75) is 44.6 Å². The molecule has 0 saturated heterocycles. The van der Waals surface area contributed by atoms with Crippen LogP contribution in [0.5, 0.6) is 0 Å². The van der Waals surface area contributed by atoms with Crippen molar-refractivity contribution in [1.29, 1.82) is 0 Å². The maximum absolute atomic E-state index is 12.6. The van der Waals surface area contributed by atoms with Gasteiger partial charge in [0.2, 0.25) is 21.8 Å². The Hall–Kier alpha value is -3.04. The SMILES string of the molecule is CC(=O)c1ccc(NC(=O)CCNS(=O)(=O)c2ccc3c(c2)C[C@H](C)N3C(C)=O)cc1. The van der Waals surface area contributed by atoms with E-state index in [1.165, 1.54) is 19.9 Å². The highest BCUT2D eigenvalue weighted by Crippen LogP contribution is 2.33. The fraction of sp³-hybridized carbons (Fsp3) is 0.318. The molecule has 2 N–H and O–H groups in total. The fourth-order valence-electron chi connectivity index (χ4n) is 3.65. The largest absolute Gasteiger partial charge is 0.326 e. The highest BCUT2D eigenvalue weighted by atomic mass is 32.2. The number of Topliss-reactive ketones (excluding diaryl/α,β-unsaturated/α-hetero) is 1. The van der Waals surface area contributed by atoms with Gasteiger partial charge in [-0.1, -0.05) is 0 Å². The topological polar surface area (TPSA) is 113 Å². The van der Waals surface area contributed by atoms with Gasteiger partial charge in [0.25, 0.3) is 0 Å². The smallest absolute Gasteiger partial charge is 0.240 e. The summed E-state index contributed by atoms with van der Waals surface area (Å²) in [5, 5.41) is 2.67. The summed E-state index contributed by atoms with van der Waals surface area (Å²) >= 11 is 0. The van der Waals surface area contributed by atoms with Gasteiger partial charge in [-0.05, 0) is 68.3 Å². The molecule has 2 amide bonds. The Kier molecular flexibility index (Phi) is 6.56. The Morgan fingerprint density at radius 3 is 2.35 bits per heavy atom. The van der Waals surface area contributed by atoms with Crippen molar-refractivity contribution >= 4 is 39.0 Å². The standard InChI is InChI=1S/C22H25N3O5S/c1-14-12-18-13-20(8-9-21(18)25(14)16(3)27)31(29,30)23-11-10-22(28)24-19-6-4-17(5-7-19)15(2)26/h4-9,13-14,23H,10-12H2,1-3H3,(H,24,28)/t14-/m0/s1. The molecule has 0 radical (unpaired) electrons. The van der Waals surface area contributed by atoms with Gasteiger partial charge in [-0.25, -0.2) is 13.1 Å². The van der Waals surface area contributed by atoms with Gasteiger partial charge in [-0.2, -0.15) is 0 Å². The van der Waals surface area contributed by atoms with Gasteiger partial charge >= 0.3 is 0 Å². The van der Waals surface area contributed by atoms with Crippen LogP contribution in [0, 0.1) is 0 Å². The first-order valence-electron chi connectivity index (χ1n) is 9.92. The Morgan fingerprint density at radius 2 is 1.74 bits per heavy atom. The maximum atomic E-state index is 12.6. The zero-order chi connectivity index (χ0) is 22.8. The van der Waals surface area contributed by atoms with E-state index in [2.05, 4.69) is 10.0 Å². The molecule has 1 aliphatic rings. The Morgan fingerprint density at radius 1 is 1.06 bits per heavy atom. The average molecular weight is 444 g/mol. The van der Waals surface area contributed by atoms with Gasteiger partial charge in [-0.3, -0.25) is 14.4 Å². The van der Waals surface area contributed by atoms with Gasteiger partial charge < -0.3 is 10.2 Å². The molecule has 2 aromatic carbocycles. The molecule has 8 nitrogen and oxygen atoms in total. The van der Waals surface area contributed by atoms with E-state index in [4.69, 9.17) is 0 Å². The Bertz CT molecular complexity index is 1130. The second kappa shape index (κ2) is 8.99. The number of carbonyl (C=O) groups is 3. The normalized spacial score (nSPS) is 15.5. The summed E-state index contributed by atoms with van der Waals surface area (Å²) in [7, 11) is -3.79. The Balaban J connectivity index is 1.58. The molecule has 0 fully saturated rings. The lowest BCUT2D eigenvalue weighted by Crippen LogP contribution is -2.33. The first-order chi connectivity index (χ1) is 14.6. The van der Waals surface area contributed by atoms with Crippen molar-refractivity contribution in [2.75, 3.05) is 16.8 Å². The number of carbonyl (C=O) groups excluding carboxylic acids is 3. The zero-order valence-electron chi connectivity index (χ0n) is 17.6. The highest BCUT2D eigenvalue weighted by Gasteiger charge is 2.30. The van der Waals surface area contributed by atoms with Crippen molar-refractivity contribution in [3.8, 4) is 0 Å². The maximum Gasteiger partial charge on any atom is 0.240 e. The lowest BCUT2D eigenvalue weighted by Gasteiger charge is -2.20. The molecule has 2 aromatic rings. The summed E-state index contributed by atoms with van der Waals surface area (Å²) in [5.41, 5.74) is 2.60. The molecule has 0 spiro atoms.